The quantitative estimate of drug-likeness (QED) is 0.0358. The lowest BCUT2D eigenvalue weighted by atomic mass is 9.95. The molecule has 0 aromatic heterocycles. The number of unbranched alkanes of at least 4 members (excludes halogenated alkanes) is 3. The number of hydrogen-bond acceptors (Lipinski definition) is 9. The van der Waals surface area contributed by atoms with Crippen molar-refractivity contribution in [3.63, 3.8) is 0 Å². The SMILES string of the molecule is CCCOCC(C)(C)C(=O)OCCCCCCOc1ccc(-c2ccc(C#N)cc2)cc1.COc1ccc([N+]([O-])=Nc2ccc(CO)cc2)cc1. The molecule has 0 bridgehead atoms. The molecule has 1 N–H and O–H groups in total. The van der Waals surface area contributed by atoms with Crippen LogP contribution in [0.2, 0.25) is 0 Å². The normalized spacial score (nSPS) is 11.2. The third-order valence-corrected chi connectivity index (χ3v) is 7.72. The van der Waals surface area contributed by atoms with Gasteiger partial charge >= 0.3 is 5.97 Å². The molecule has 0 amide bonds. The molecule has 270 valence electrons. The highest BCUT2D eigenvalue weighted by atomic mass is 16.5. The van der Waals surface area contributed by atoms with Crippen molar-refractivity contribution >= 4 is 17.3 Å². The van der Waals surface area contributed by atoms with Crippen molar-refractivity contribution < 1.29 is 33.7 Å². The van der Waals surface area contributed by atoms with E-state index in [4.69, 9.17) is 29.3 Å². The molecule has 0 aliphatic heterocycles. The van der Waals surface area contributed by atoms with Crippen LogP contribution < -0.4 is 9.47 Å². The van der Waals surface area contributed by atoms with E-state index in [1.807, 2.05) is 69.3 Å². The summed E-state index contributed by atoms with van der Waals surface area (Å²) in [5.74, 6) is 1.34. The van der Waals surface area contributed by atoms with Crippen LogP contribution in [0.4, 0.5) is 11.4 Å². The number of rotatable bonds is 18. The van der Waals surface area contributed by atoms with Crippen LogP contribution in [0.3, 0.4) is 0 Å². The Labute approximate surface area is 301 Å². The number of benzene rings is 4. The maximum atomic E-state index is 12.2. The summed E-state index contributed by atoms with van der Waals surface area (Å²) < 4.78 is 21.7. The van der Waals surface area contributed by atoms with Crippen molar-refractivity contribution in [2.75, 3.05) is 33.5 Å². The molecular weight excluding hydrogens is 646 g/mol. The highest BCUT2D eigenvalue weighted by Gasteiger charge is 2.29. The van der Waals surface area contributed by atoms with Crippen molar-refractivity contribution in [1.82, 2.24) is 0 Å². The number of esters is 1. The van der Waals surface area contributed by atoms with Crippen molar-refractivity contribution in [3.8, 4) is 28.7 Å². The predicted octanol–water partition coefficient (Wildman–Crippen LogP) is 9.27. The maximum absolute atomic E-state index is 12.2. The highest BCUT2D eigenvalue weighted by Crippen LogP contribution is 2.24. The zero-order chi connectivity index (χ0) is 36.9. The van der Waals surface area contributed by atoms with Crippen LogP contribution >= 0.6 is 0 Å². The lowest BCUT2D eigenvalue weighted by Crippen LogP contribution is -2.32. The van der Waals surface area contributed by atoms with Gasteiger partial charge in [-0.05, 0) is 111 Å². The predicted molar refractivity (Wildman–Crippen MR) is 197 cm³/mol. The molecule has 0 aliphatic rings. The zero-order valence-corrected chi connectivity index (χ0v) is 30.0. The Morgan fingerprint density at radius 1 is 0.824 bits per heavy atom. The summed E-state index contributed by atoms with van der Waals surface area (Å²) in [6.07, 6.45) is 4.79. The number of azo groups is 1. The summed E-state index contributed by atoms with van der Waals surface area (Å²) in [7, 11) is 1.57. The zero-order valence-electron chi connectivity index (χ0n) is 30.0. The minimum Gasteiger partial charge on any atom is -0.594 e. The Morgan fingerprint density at radius 3 is 1.98 bits per heavy atom. The van der Waals surface area contributed by atoms with Gasteiger partial charge in [-0.15, -0.1) is 0 Å². The molecule has 4 aromatic rings. The minimum absolute atomic E-state index is 0.0279. The second-order valence-corrected chi connectivity index (χ2v) is 12.4. The first-order valence-electron chi connectivity index (χ1n) is 17.2. The van der Waals surface area contributed by atoms with Gasteiger partial charge < -0.3 is 29.3 Å². The largest absolute Gasteiger partial charge is 0.594 e. The van der Waals surface area contributed by atoms with E-state index in [9.17, 15) is 10.0 Å². The molecular formula is C41H49N3O7. The van der Waals surface area contributed by atoms with Gasteiger partial charge in [0, 0.05) is 23.9 Å². The Kier molecular flexibility index (Phi) is 17.1. The second-order valence-electron chi connectivity index (χ2n) is 12.4. The van der Waals surface area contributed by atoms with Gasteiger partial charge in [-0.2, -0.15) is 5.26 Å². The topological polar surface area (TPSA) is 136 Å². The van der Waals surface area contributed by atoms with Gasteiger partial charge in [-0.25, -0.2) is 0 Å². The van der Waals surface area contributed by atoms with Crippen molar-refractivity contribution in [2.24, 2.45) is 10.5 Å². The van der Waals surface area contributed by atoms with E-state index in [0.717, 1.165) is 54.5 Å². The fraction of sp³-hybridized carbons (Fsp3) is 0.366. The van der Waals surface area contributed by atoms with E-state index in [1.165, 1.54) is 0 Å². The smallest absolute Gasteiger partial charge is 0.313 e. The average molecular weight is 696 g/mol. The van der Waals surface area contributed by atoms with Crippen LogP contribution in [-0.4, -0.2) is 49.5 Å². The van der Waals surface area contributed by atoms with E-state index in [-0.39, 0.29) is 12.6 Å². The summed E-state index contributed by atoms with van der Waals surface area (Å²) >= 11 is 0. The van der Waals surface area contributed by atoms with Gasteiger partial charge in [0.1, 0.15) is 17.2 Å². The average Bonchev–Trinajstić information content (AvgIpc) is 3.16. The Morgan fingerprint density at radius 2 is 1.41 bits per heavy atom. The number of hydrogen-bond donors (Lipinski definition) is 1. The number of aliphatic hydroxyl groups excluding tert-OH is 1. The molecule has 0 atom stereocenters. The number of nitriles is 1. The minimum atomic E-state index is -0.599. The molecule has 0 saturated carbocycles. The van der Waals surface area contributed by atoms with E-state index >= 15 is 0 Å². The van der Waals surface area contributed by atoms with Crippen LogP contribution in [0.5, 0.6) is 11.5 Å². The molecule has 4 aromatic carbocycles. The van der Waals surface area contributed by atoms with Crippen LogP contribution in [0.25, 0.3) is 11.1 Å². The first-order chi connectivity index (χ1) is 24.7. The Bertz CT molecular complexity index is 1660. The lowest BCUT2D eigenvalue weighted by molar-refractivity contribution is -0.435. The number of carbonyl (C=O) groups is 1. The third kappa shape index (κ3) is 14.3. The first-order valence-corrected chi connectivity index (χ1v) is 17.2. The number of carbonyl (C=O) groups excluding carboxylic acids is 1. The summed E-state index contributed by atoms with van der Waals surface area (Å²) in [4.78, 5) is 12.7. The second kappa shape index (κ2) is 21.8. The number of nitrogens with zero attached hydrogens (tertiary/aromatic N) is 3. The Balaban J connectivity index is 0.000000313. The van der Waals surface area contributed by atoms with Crippen LogP contribution in [0.1, 0.15) is 64.0 Å². The van der Waals surface area contributed by atoms with E-state index in [2.05, 4.69) is 11.2 Å². The molecule has 10 heteroatoms. The molecule has 0 heterocycles. The summed E-state index contributed by atoms with van der Waals surface area (Å²) in [5, 5.41) is 33.6. The summed E-state index contributed by atoms with van der Waals surface area (Å²) in [6.45, 7) is 7.92. The molecule has 4 rings (SSSR count). The van der Waals surface area contributed by atoms with Crippen molar-refractivity contribution in [1.29, 1.82) is 5.26 Å². The maximum Gasteiger partial charge on any atom is 0.313 e. The van der Waals surface area contributed by atoms with Gasteiger partial charge in [0.2, 0.25) is 5.69 Å². The molecule has 0 fully saturated rings. The van der Waals surface area contributed by atoms with Gasteiger partial charge in [0.15, 0.2) is 0 Å². The Hall–Kier alpha value is -5.24. The number of ether oxygens (including phenoxy) is 4. The van der Waals surface area contributed by atoms with Gasteiger partial charge in [0.05, 0.1) is 50.6 Å². The van der Waals surface area contributed by atoms with Gasteiger partial charge in [0.25, 0.3) is 0 Å². The third-order valence-electron chi connectivity index (χ3n) is 7.72. The molecule has 51 heavy (non-hydrogen) atoms. The first kappa shape index (κ1) is 40.2. The monoisotopic (exact) mass is 695 g/mol. The molecule has 0 aliphatic carbocycles. The van der Waals surface area contributed by atoms with E-state index in [0.29, 0.717) is 54.0 Å². The van der Waals surface area contributed by atoms with Crippen molar-refractivity contribution in [2.45, 2.75) is 59.5 Å². The fourth-order valence-corrected chi connectivity index (χ4v) is 4.66. The van der Waals surface area contributed by atoms with E-state index in [1.54, 1.807) is 55.6 Å². The van der Waals surface area contributed by atoms with E-state index < -0.39 is 5.41 Å². The molecule has 10 nitrogen and oxygen atoms in total. The lowest BCUT2D eigenvalue weighted by Gasteiger charge is -2.22. The van der Waals surface area contributed by atoms with Gasteiger partial charge in [-0.3, -0.25) is 4.79 Å². The molecule has 0 unspecified atom stereocenters. The molecule has 0 saturated heterocycles. The highest BCUT2D eigenvalue weighted by molar-refractivity contribution is 5.76. The van der Waals surface area contributed by atoms with Crippen LogP contribution in [0.15, 0.2) is 102 Å². The standard InChI is InChI=1S/C27H35NO4.C14H14N2O3/c1-4-17-30-21-27(2,3)26(29)32-19-8-6-5-7-18-31-25-15-13-24(14-16-25)23-11-9-22(20-28)10-12-23;1-19-14-8-6-13(7-9-14)16(18)15-12-4-2-11(10-17)3-5-12/h9-16H,4-8,17-19,21H2,1-3H3;2-9,17H,10H2,1H3. The molecule has 0 radical (unpaired) electrons. The summed E-state index contributed by atoms with van der Waals surface area (Å²) in [5.41, 5.74) is 3.96. The number of aliphatic hydroxyl groups is 1. The molecule has 0 spiro atoms. The summed E-state index contributed by atoms with van der Waals surface area (Å²) in [6, 6.07) is 31.2. The van der Waals surface area contributed by atoms with Crippen molar-refractivity contribution in [3.05, 3.63) is 113 Å². The number of methoxy groups -OCH3 is 1. The van der Waals surface area contributed by atoms with Crippen LogP contribution in [0, 0.1) is 22.0 Å². The van der Waals surface area contributed by atoms with Gasteiger partial charge in [-0.1, -0.05) is 48.2 Å². The van der Waals surface area contributed by atoms with Crippen LogP contribution in [-0.2, 0) is 20.9 Å². The fourth-order valence-electron chi connectivity index (χ4n) is 4.66.